The van der Waals surface area contributed by atoms with Gasteiger partial charge in [-0.05, 0) is 12.5 Å². The fourth-order valence-electron chi connectivity index (χ4n) is 0.732. The highest BCUT2D eigenvalue weighted by atomic mass is 127. The summed E-state index contributed by atoms with van der Waals surface area (Å²) < 4.78 is 21.8. The van der Waals surface area contributed by atoms with Gasteiger partial charge in [0.25, 0.3) is 0 Å². The summed E-state index contributed by atoms with van der Waals surface area (Å²) in [7, 11) is -2.96. The van der Waals surface area contributed by atoms with Gasteiger partial charge in [0.2, 0.25) is 7.01 Å². The van der Waals surface area contributed by atoms with Crippen molar-refractivity contribution in [3.8, 4) is 0 Å². The first kappa shape index (κ1) is 10.7. The zero-order valence-corrected chi connectivity index (χ0v) is 10.7. The molecule has 1 aromatic rings. The van der Waals surface area contributed by atoms with Crippen molar-refractivity contribution >= 4 is 51.2 Å². The lowest BCUT2D eigenvalue weighted by molar-refractivity contribution is 0.612. The van der Waals surface area contributed by atoms with Crippen LogP contribution in [0.5, 0.6) is 0 Å². The van der Waals surface area contributed by atoms with Gasteiger partial charge >= 0.3 is 0 Å². The molecule has 0 aliphatic heterocycles. The molecule has 6 heteroatoms. The molecule has 0 N–H and O–H groups in total. The van der Waals surface area contributed by atoms with Crippen LogP contribution in [0.25, 0.3) is 0 Å². The molecule has 0 atom stereocenters. The number of hydrogen-bond acceptors (Lipinski definition) is 3. The van der Waals surface area contributed by atoms with E-state index in [0.717, 1.165) is 10.4 Å². The predicted molar refractivity (Wildman–Crippen MR) is 60.7 cm³/mol. The lowest BCUT2D eigenvalue weighted by Gasteiger charge is -1.94. The Bertz CT molecular complexity index is 382. The Hall–Kier alpha value is 0.670. The highest BCUT2D eigenvalue weighted by Gasteiger charge is 2.12. The molecule has 0 unspecified atom stereocenters. The van der Waals surface area contributed by atoms with E-state index in [-0.39, 0.29) is 5.75 Å². The maximum atomic E-state index is 10.9. The third kappa shape index (κ3) is 2.86. The fourth-order valence-corrected chi connectivity index (χ4v) is 4.58. The summed E-state index contributed by atoms with van der Waals surface area (Å²) in [4.78, 5) is 0.828. The van der Waals surface area contributed by atoms with Crippen molar-refractivity contribution in [2.75, 3.05) is 0 Å². The fraction of sp³-hybridized carbons (Fsp3) is 0.333. The molecule has 0 saturated heterocycles. The molecule has 0 aromatic carbocycles. The Morgan fingerprint density at radius 1 is 1.67 bits per heavy atom. The first-order valence-electron chi connectivity index (χ1n) is 3.05. The van der Waals surface area contributed by atoms with Crippen molar-refractivity contribution in [1.82, 2.24) is 0 Å². The van der Waals surface area contributed by atoms with E-state index in [1.165, 1.54) is 32.5 Å². The predicted octanol–water partition coefficient (Wildman–Crippen LogP) is 2.97. The van der Waals surface area contributed by atoms with E-state index in [9.17, 15) is 8.42 Å². The molecule has 0 saturated carbocycles. The summed E-state index contributed by atoms with van der Waals surface area (Å²) in [6.45, 7) is 1.83. The lowest BCUT2D eigenvalue weighted by Crippen LogP contribution is -1.92. The molecule has 2 nitrogen and oxygen atoms in total. The van der Waals surface area contributed by atoms with Crippen molar-refractivity contribution in [2.45, 2.75) is 12.7 Å². The summed E-state index contributed by atoms with van der Waals surface area (Å²) in [5, 5.41) is 2.41. The van der Waals surface area contributed by atoms with Gasteiger partial charge in [-0.3, -0.25) is 0 Å². The highest BCUT2D eigenvalue weighted by Crippen LogP contribution is 2.28. The van der Waals surface area contributed by atoms with Crippen LogP contribution in [-0.4, -0.2) is 8.42 Å². The summed E-state index contributed by atoms with van der Waals surface area (Å²) in [5.41, 5.74) is 0.877. The van der Waals surface area contributed by atoms with Crippen molar-refractivity contribution in [3.05, 3.63) is 20.8 Å². The number of thiophene rings is 1. The van der Waals surface area contributed by atoms with E-state index in [1.54, 1.807) is 5.38 Å². The lowest BCUT2D eigenvalue weighted by atomic mass is 10.3. The van der Waals surface area contributed by atoms with Crippen molar-refractivity contribution in [1.29, 1.82) is 0 Å². The van der Waals surface area contributed by atoms with E-state index < -0.39 is 7.01 Å². The molecular weight excluding hydrogens is 331 g/mol. The van der Waals surface area contributed by atoms with Crippen LogP contribution in [0, 0.1) is 6.92 Å². The van der Waals surface area contributed by atoms with Crippen LogP contribution in [-0.2, 0) is 12.8 Å². The molecule has 1 rings (SSSR count). The van der Waals surface area contributed by atoms with Crippen LogP contribution in [0.4, 0.5) is 0 Å². The highest BCUT2D eigenvalue weighted by molar-refractivity contribution is 14.2. The molecule has 0 aliphatic rings. The Morgan fingerprint density at radius 2 is 2.25 bits per heavy atom. The molecule has 0 aliphatic carbocycles. The minimum atomic E-state index is -2.96. The second kappa shape index (κ2) is 3.81. The first-order chi connectivity index (χ1) is 5.40. The minimum Gasteiger partial charge on any atom is -0.218 e. The maximum Gasteiger partial charge on any atom is 0.208 e. The van der Waals surface area contributed by atoms with Crippen LogP contribution in [0.15, 0.2) is 5.38 Å². The first-order valence-corrected chi connectivity index (χ1v) is 8.50. The van der Waals surface area contributed by atoms with Gasteiger partial charge in [0.05, 0.1) is 32.0 Å². The van der Waals surface area contributed by atoms with E-state index in [0.29, 0.717) is 5.02 Å². The standard InChI is InChI=1S/C6H6ClIO2S2/c1-4-5(7)2-11-6(4)3-12(8,9)10/h2H,3H2,1H3. The SMILES string of the molecule is Cc1c(Cl)csc1CS(=O)(=O)I. The molecule has 0 spiro atoms. The largest absolute Gasteiger partial charge is 0.218 e. The van der Waals surface area contributed by atoms with Crippen molar-refractivity contribution in [2.24, 2.45) is 0 Å². The molecule has 0 fully saturated rings. The minimum absolute atomic E-state index is 0.0801. The monoisotopic (exact) mass is 336 g/mol. The summed E-state index contributed by atoms with van der Waals surface area (Å²) in [6, 6.07) is 0. The Labute approximate surface area is 92.4 Å². The summed E-state index contributed by atoms with van der Waals surface area (Å²) in [5.74, 6) is 0.0801. The number of rotatable bonds is 2. The number of hydrogen-bond donors (Lipinski definition) is 0. The molecule has 12 heavy (non-hydrogen) atoms. The zero-order valence-electron chi connectivity index (χ0n) is 6.17. The molecule has 0 amide bonds. The van der Waals surface area contributed by atoms with Gasteiger partial charge in [0.15, 0.2) is 0 Å². The van der Waals surface area contributed by atoms with E-state index in [4.69, 9.17) is 11.6 Å². The second-order valence-corrected chi connectivity index (χ2v) is 9.08. The summed E-state index contributed by atoms with van der Waals surface area (Å²) in [6.07, 6.45) is 0. The smallest absolute Gasteiger partial charge is 0.208 e. The Morgan fingerprint density at radius 3 is 2.58 bits per heavy atom. The average molecular weight is 337 g/mol. The van der Waals surface area contributed by atoms with Gasteiger partial charge in [-0.25, -0.2) is 8.42 Å². The maximum absolute atomic E-state index is 10.9. The normalized spacial score (nSPS) is 11.9. The third-order valence-electron chi connectivity index (χ3n) is 1.38. The van der Waals surface area contributed by atoms with Gasteiger partial charge in [0, 0.05) is 10.3 Å². The zero-order chi connectivity index (χ0) is 9.35. The molecule has 1 heterocycles. The van der Waals surface area contributed by atoms with Gasteiger partial charge < -0.3 is 0 Å². The topological polar surface area (TPSA) is 34.1 Å². The molecule has 0 radical (unpaired) electrons. The van der Waals surface area contributed by atoms with E-state index >= 15 is 0 Å². The Kier molecular flexibility index (Phi) is 3.41. The quantitative estimate of drug-likeness (QED) is 0.614. The second-order valence-electron chi connectivity index (χ2n) is 2.31. The van der Waals surface area contributed by atoms with E-state index in [2.05, 4.69) is 0 Å². The van der Waals surface area contributed by atoms with Gasteiger partial charge in [-0.1, -0.05) is 11.6 Å². The van der Waals surface area contributed by atoms with Crippen LogP contribution >= 0.6 is 44.1 Å². The van der Waals surface area contributed by atoms with Gasteiger partial charge in [0.1, 0.15) is 0 Å². The van der Waals surface area contributed by atoms with Crippen LogP contribution in [0.1, 0.15) is 10.4 Å². The molecule has 0 bridgehead atoms. The third-order valence-corrected chi connectivity index (χ3v) is 4.75. The Balaban J connectivity index is 2.99. The molecule has 68 valence electrons. The van der Waals surface area contributed by atoms with Crippen molar-refractivity contribution in [3.63, 3.8) is 0 Å². The van der Waals surface area contributed by atoms with E-state index in [1.807, 2.05) is 6.92 Å². The van der Waals surface area contributed by atoms with Crippen LogP contribution in [0.2, 0.25) is 5.02 Å². The number of halogens is 2. The molecular formula is C6H6ClIO2S2. The molecule has 1 aromatic heterocycles. The van der Waals surface area contributed by atoms with Crippen LogP contribution in [0.3, 0.4) is 0 Å². The van der Waals surface area contributed by atoms with Gasteiger partial charge in [-0.2, -0.15) is 0 Å². The average Bonchev–Trinajstić information content (AvgIpc) is 2.16. The summed E-state index contributed by atoms with van der Waals surface area (Å²) >= 11 is 8.60. The van der Waals surface area contributed by atoms with Gasteiger partial charge in [-0.15, -0.1) is 11.3 Å². The van der Waals surface area contributed by atoms with Crippen LogP contribution < -0.4 is 0 Å². The van der Waals surface area contributed by atoms with Crippen molar-refractivity contribution < 1.29 is 8.42 Å².